The highest BCUT2D eigenvalue weighted by Crippen LogP contribution is 2.08. The largest absolute Gasteiger partial charge is 0.352 e. The van der Waals surface area contributed by atoms with Crippen LogP contribution in [0, 0.1) is 0 Å². The Bertz CT molecular complexity index is 562. The summed E-state index contributed by atoms with van der Waals surface area (Å²) in [6.45, 7) is 2.05. The summed E-state index contributed by atoms with van der Waals surface area (Å²) < 4.78 is 21.9. The van der Waals surface area contributed by atoms with Crippen molar-refractivity contribution < 1.29 is 13.2 Å². The summed E-state index contributed by atoms with van der Waals surface area (Å²) in [5, 5.41) is 2.57. The van der Waals surface area contributed by atoms with Gasteiger partial charge in [0.1, 0.15) is 9.84 Å². The highest BCUT2D eigenvalue weighted by Gasteiger charge is 2.03. The Morgan fingerprint density at radius 1 is 1.25 bits per heavy atom. The van der Waals surface area contributed by atoms with E-state index >= 15 is 0 Å². The lowest BCUT2D eigenvalue weighted by Gasteiger charge is -2.04. The van der Waals surface area contributed by atoms with E-state index < -0.39 is 9.84 Å². The minimum Gasteiger partial charge on any atom is -0.352 e. The molecule has 0 unspecified atom stereocenters. The number of amides is 1. The Morgan fingerprint density at radius 2 is 1.90 bits per heavy atom. The summed E-state index contributed by atoms with van der Waals surface area (Å²) in [5.41, 5.74) is 2.21. The third-order valence-electron chi connectivity index (χ3n) is 2.80. The molecule has 1 N–H and O–H groups in total. The van der Waals surface area contributed by atoms with Gasteiger partial charge in [-0.3, -0.25) is 4.79 Å². The standard InChI is InChI=1S/C15H21NO3S/c1-13(8-9-14-6-4-3-5-7-14)12-15(17)16-10-11-20(2,18)19/h3-7,12H,8-11H2,1-2H3,(H,16,17)/b13-12-. The summed E-state index contributed by atoms with van der Waals surface area (Å²) in [6, 6.07) is 10.1. The Kier molecular flexibility index (Phi) is 6.45. The molecular formula is C15H21NO3S. The number of hydrogen-bond donors (Lipinski definition) is 1. The number of rotatable bonds is 7. The van der Waals surface area contributed by atoms with Crippen molar-refractivity contribution in [3.05, 3.63) is 47.5 Å². The molecule has 1 amide bonds. The fourth-order valence-corrected chi connectivity index (χ4v) is 2.17. The van der Waals surface area contributed by atoms with Gasteiger partial charge in [-0.1, -0.05) is 35.9 Å². The van der Waals surface area contributed by atoms with E-state index in [4.69, 9.17) is 0 Å². The number of sulfone groups is 1. The van der Waals surface area contributed by atoms with Crippen LogP contribution < -0.4 is 5.32 Å². The van der Waals surface area contributed by atoms with E-state index in [1.807, 2.05) is 25.1 Å². The molecule has 1 aromatic carbocycles. The number of carbonyl (C=O) groups excluding carboxylic acids is 1. The summed E-state index contributed by atoms with van der Waals surface area (Å²) in [5.74, 6) is -0.269. The van der Waals surface area contributed by atoms with Gasteiger partial charge in [0.05, 0.1) is 5.75 Å². The first-order chi connectivity index (χ1) is 9.37. The van der Waals surface area contributed by atoms with Crippen LogP contribution in [0.3, 0.4) is 0 Å². The Labute approximate surface area is 120 Å². The predicted molar refractivity (Wildman–Crippen MR) is 81.2 cm³/mol. The molecule has 0 fully saturated rings. The van der Waals surface area contributed by atoms with Crippen LogP contribution in [0.2, 0.25) is 0 Å². The van der Waals surface area contributed by atoms with Gasteiger partial charge in [0, 0.05) is 18.9 Å². The number of nitrogens with one attached hydrogen (secondary N) is 1. The van der Waals surface area contributed by atoms with Crippen molar-refractivity contribution in [1.82, 2.24) is 5.32 Å². The van der Waals surface area contributed by atoms with E-state index in [1.165, 1.54) is 11.6 Å². The van der Waals surface area contributed by atoms with E-state index in [-0.39, 0.29) is 18.2 Å². The molecule has 5 heteroatoms. The quantitative estimate of drug-likeness (QED) is 0.779. The zero-order valence-electron chi connectivity index (χ0n) is 11.9. The zero-order chi connectivity index (χ0) is 15.0. The van der Waals surface area contributed by atoms with Crippen molar-refractivity contribution in [2.24, 2.45) is 0 Å². The van der Waals surface area contributed by atoms with Gasteiger partial charge in [-0.05, 0) is 25.3 Å². The number of aryl methyl sites for hydroxylation is 1. The van der Waals surface area contributed by atoms with Gasteiger partial charge in [-0.2, -0.15) is 0 Å². The average molecular weight is 295 g/mol. The molecule has 20 heavy (non-hydrogen) atoms. The maximum absolute atomic E-state index is 11.6. The first kappa shape index (κ1) is 16.4. The molecule has 110 valence electrons. The van der Waals surface area contributed by atoms with Gasteiger partial charge in [-0.15, -0.1) is 0 Å². The molecule has 0 aromatic heterocycles. The first-order valence-electron chi connectivity index (χ1n) is 6.53. The zero-order valence-corrected chi connectivity index (χ0v) is 12.7. The van der Waals surface area contributed by atoms with Gasteiger partial charge < -0.3 is 5.32 Å². The number of carbonyl (C=O) groups is 1. The highest BCUT2D eigenvalue weighted by molar-refractivity contribution is 7.90. The van der Waals surface area contributed by atoms with E-state index in [0.29, 0.717) is 0 Å². The van der Waals surface area contributed by atoms with Crippen molar-refractivity contribution in [3.63, 3.8) is 0 Å². The second-order valence-electron chi connectivity index (χ2n) is 4.90. The maximum atomic E-state index is 11.6. The predicted octanol–water partition coefficient (Wildman–Crippen LogP) is 1.73. The lowest BCUT2D eigenvalue weighted by molar-refractivity contribution is -0.116. The van der Waals surface area contributed by atoms with E-state index in [0.717, 1.165) is 24.7 Å². The van der Waals surface area contributed by atoms with E-state index in [2.05, 4.69) is 17.4 Å². The second kappa shape index (κ2) is 7.85. The SMILES string of the molecule is C/C(=C/C(=O)NCCS(C)(=O)=O)CCc1ccccc1. The average Bonchev–Trinajstić information content (AvgIpc) is 2.36. The van der Waals surface area contributed by atoms with E-state index in [1.54, 1.807) is 0 Å². The second-order valence-corrected chi connectivity index (χ2v) is 7.16. The fourth-order valence-electron chi connectivity index (χ4n) is 1.69. The Balaban J connectivity index is 2.35. The minimum atomic E-state index is -3.03. The molecule has 0 spiro atoms. The van der Waals surface area contributed by atoms with Gasteiger partial charge in [0.2, 0.25) is 5.91 Å². The first-order valence-corrected chi connectivity index (χ1v) is 8.59. The lowest BCUT2D eigenvalue weighted by Crippen LogP contribution is -2.27. The third-order valence-corrected chi connectivity index (χ3v) is 3.75. The normalized spacial score (nSPS) is 12.2. The Hall–Kier alpha value is -1.62. The van der Waals surface area contributed by atoms with Crippen molar-refractivity contribution in [2.45, 2.75) is 19.8 Å². The van der Waals surface area contributed by atoms with Crippen LogP contribution in [0.5, 0.6) is 0 Å². The summed E-state index contributed by atoms with van der Waals surface area (Å²) in [6.07, 6.45) is 4.38. The number of allylic oxidation sites excluding steroid dienone is 1. The van der Waals surface area contributed by atoms with Crippen LogP contribution in [0.25, 0.3) is 0 Å². The molecule has 0 bridgehead atoms. The van der Waals surface area contributed by atoms with Crippen molar-refractivity contribution >= 4 is 15.7 Å². The fraction of sp³-hybridized carbons (Fsp3) is 0.400. The molecule has 0 saturated heterocycles. The molecule has 0 aliphatic carbocycles. The van der Waals surface area contributed by atoms with Crippen LogP contribution in [0.15, 0.2) is 42.0 Å². The smallest absolute Gasteiger partial charge is 0.243 e. The molecule has 0 saturated carbocycles. The molecule has 1 aromatic rings. The third kappa shape index (κ3) is 7.74. The summed E-state index contributed by atoms with van der Waals surface area (Å²) >= 11 is 0. The van der Waals surface area contributed by atoms with Crippen LogP contribution in [-0.4, -0.2) is 32.9 Å². The monoisotopic (exact) mass is 295 g/mol. The molecule has 0 heterocycles. The van der Waals surface area contributed by atoms with Gasteiger partial charge >= 0.3 is 0 Å². The topological polar surface area (TPSA) is 63.2 Å². The van der Waals surface area contributed by atoms with Crippen LogP contribution in [-0.2, 0) is 21.1 Å². The van der Waals surface area contributed by atoms with Crippen molar-refractivity contribution in [1.29, 1.82) is 0 Å². The lowest BCUT2D eigenvalue weighted by atomic mass is 10.1. The molecule has 0 aliphatic heterocycles. The molecular weight excluding hydrogens is 274 g/mol. The van der Waals surface area contributed by atoms with Gasteiger partial charge in [0.15, 0.2) is 0 Å². The molecule has 4 nitrogen and oxygen atoms in total. The molecule has 0 radical (unpaired) electrons. The minimum absolute atomic E-state index is 0.0321. The van der Waals surface area contributed by atoms with Crippen LogP contribution in [0.4, 0.5) is 0 Å². The maximum Gasteiger partial charge on any atom is 0.243 e. The Morgan fingerprint density at radius 3 is 2.50 bits per heavy atom. The summed E-state index contributed by atoms with van der Waals surface area (Å²) in [7, 11) is -3.03. The molecule has 1 rings (SSSR count). The van der Waals surface area contributed by atoms with Crippen LogP contribution in [0.1, 0.15) is 18.9 Å². The summed E-state index contributed by atoms with van der Waals surface area (Å²) in [4.78, 5) is 11.6. The number of hydrogen-bond acceptors (Lipinski definition) is 3. The van der Waals surface area contributed by atoms with E-state index in [9.17, 15) is 13.2 Å². The molecule has 0 atom stereocenters. The van der Waals surface area contributed by atoms with Gasteiger partial charge in [-0.25, -0.2) is 8.42 Å². The van der Waals surface area contributed by atoms with Gasteiger partial charge in [0.25, 0.3) is 0 Å². The number of benzene rings is 1. The molecule has 0 aliphatic rings. The highest BCUT2D eigenvalue weighted by atomic mass is 32.2. The van der Waals surface area contributed by atoms with Crippen LogP contribution >= 0.6 is 0 Å². The van der Waals surface area contributed by atoms with Crippen molar-refractivity contribution in [3.8, 4) is 0 Å². The van der Waals surface area contributed by atoms with Crippen molar-refractivity contribution in [2.75, 3.05) is 18.6 Å².